The van der Waals surface area contributed by atoms with E-state index in [0.29, 0.717) is 14.4 Å². The monoisotopic (exact) mass is 150 g/mol. The van der Waals surface area contributed by atoms with Gasteiger partial charge in [-0.3, -0.25) is 0 Å². The Morgan fingerprint density at radius 2 is 2.44 bits per heavy atom. The van der Waals surface area contributed by atoms with Crippen LogP contribution in [0.1, 0.15) is 6.42 Å². The summed E-state index contributed by atoms with van der Waals surface area (Å²) in [6.07, 6.45) is 1.24. The van der Waals surface area contributed by atoms with Gasteiger partial charge in [0.1, 0.15) is 12.8 Å². The van der Waals surface area contributed by atoms with Gasteiger partial charge in [-0.1, -0.05) is 8.73 Å². The van der Waals surface area contributed by atoms with Crippen LogP contribution in [0.4, 0.5) is 0 Å². The molecule has 1 saturated carbocycles. The lowest BCUT2D eigenvalue weighted by atomic mass is 10.9. The predicted molar refractivity (Wildman–Crippen MR) is 35.9 cm³/mol. The minimum absolute atomic E-state index is 0.122. The zero-order valence-electron chi connectivity index (χ0n) is 5.04. The van der Waals surface area contributed by atoms with Gasteiger partial charge in [0.15, 0.2) is 0 Å². The average molecular weight is 150 g/mol. The second-order valence-corrected chi connectivity index (χ2v) is 3.00. The number of hydrogen-bond donors (Lipinski definition) is 2. The van der Waals surface area contributed by atoms with Crippen LogP contribution < -0.4 is 11.2 Å². The van der Waals surface area contributed by atoms with Gasteiger partial charge in [0.25, 0.3) is 0 Å². The molecule has 0 heterocycles. The second kappa shape index (κ2) is 3.44. The van der Waals surface area contributed by atoms with Crippen LogP contribution in [0.15, 0.2) is 0 Å². The molecule has 0 bridgehead atoms. The number of rotatable bonds is 4. The zero-order chi connectivity index (χ0) is 6.69. The lowest BCUT2D eigenvalue weighted by Crippen LogP contribution is -2.07. The molecule has 0 spiro atoms. The Labute approximate surface area is 55.6 Å². The summed E-state index contributed by atoms with van der Waals surface area (Å²) in [5, 5.41) is 0. The molecule has 0 amide bonds. The predicted octanol–water partition coefficient (Wildman–Crippen LogP) is -0.456. The van der Waals surface area contributed by atoms with Gasteiger partial charge in [0.2, 0.25) is 0 Å². The normalized spacial score (nSPS) is 34.0. The van der Waals surface area contributed by atoms with Gasteiger partial charge < -0.3 is 11.2 Å². The molecule has 0 radical (unpaired) electrons. The highest BCUT2D eigenvalue weighted by Gasteiger charge is 2.38. The van der Waals surface area contributed by atoms with Gasteiger partial charge in [-0.25, -0.2) is 9.78 Å². The SMILES string of the molecule is NCOOC1CC1PN. The first-order chi connectivity index (χ1) is 4.38. The van der Waals surface area contributed by atoms with E-state index in [0.717, 1.165) is 6.42 Å². The first-order valence-electron chi connectivity index (χ1n) is 2.83. The Bertz CT molecular complexity index is 92.6. The summed E-state index contributed by atoms with van der Waals surface area (Å²) < 4.78 is 0. The first-order valence-corrected chi connectivity index (χ1v) is 3.98. The highest BCUT2D eigenvalue weighted by atomic mass is 31.1. The van der Waals surface area contributed by atoms with Gasteiger partial charge >= 0.3 is 0 Å². The van der Waals surface area contributed by atoms with Crippen molar-refractivity contribution in [3.05, 3.63) is 0 Å². The molecule has 54 valence electrons. The maximum absolute atomic E-state index is 5.36. The Kier molecular flexibility index (Phi) is 2.82. The van der Waals surface area contributed by atoms with Crippen LogP contribution in [-0.2, 0) is 9.78 Å². The van der Waals surface area contributed by atoms with Gasteiger partial charge in [0.05, 0.1) is 0 Å². The van der Waals surface area contributed by atoms with E-state index in [2.05, 4.69) is 4.89 Å². The van der Waals surface area contributed by atoms with Crippen LogP contribution in [0, 0.1) is 0 Å². The third-order valence-electron chi connectivity index (χ3n) is 1.21. The summed E-state index contributed by atoms with van der Waals surface area (Å²) in [6, 6.07) is 0. The zero-order valence-corrected chi connectivity index (χ0v) is 6.04. The first kappa shape index (κ1) is 7.38. The molecule has 0 saturated heterocycles. The Hall–Kier alpha value is 0.270. The third kappa shape index (κ3) is 2.16. The molecule has 3 unspecified atom stereocenters. The van der Waals surface area contributed by atoms with Crippen molar-refractivity contribution < 1.29 is 9.78 Å². The fourth-order valence-electron chi connectivity index (χ4n) is 0.580. The molecular formula is C4H11N2O2P. The molecule has 1 aliphatic carbocycles. The Balaban J connectivity index is 1.92. The van der Waals surface area contributed by atoms with Crippen LogP contribution in [0.2, 0.25) is 0 Å². The van der Waals surface area contributed by atoms with Crippen LogP contribution in [0.25, 0.3) is 0 Å². The third-order valence-corrected chi connectivity index (χ3v) is 2.24. The van der Waals surface area contributed by atoms with Crippen molar-refractivity contribution in [2.45, 2.75) is 18.2 Å². The molecule has 1 aliphatic rings. The van der Waals surface area contributed by atoms with Crippen molar-refractivity contribution in [1.82, 2.24) is 0 Å². The highest BCUT2D eigenvalue weighted by Crippen LogP contribution is 2.37. The van der Waals surface area contributed by atoms with Gasteiger partial charge in [-0.05, 0) is 6.42 Å². The number of hydrogen-bond acceptors (Lipinski definition) is 4. The molecule has 5 heteroatoms. The van der Waals surface area contributed by atoms with Crippen molar-refractivity contribution in [3.8, 4) is 0 Å². The molecule has 0 aliphatic heterocycles. The lowest BCUT2D eigenvalue weighted by Gasteiger charge is -1.97. The standard InChI is InChI=1S/C4H11N2O2P/c5-2-7-8-3-1-4(3)9-6/h3-4,9H,1-2,5-6H2. The van der Waals surface area contributed by atoms with Crippen LogP contribution in [0.3, 0.4) is 0 Å². The van der Waals surface area contributed by atoms with E-state index in [1.807, 2.05) is 0 Å². The minimum atomic E-state index is 0.122. The van der Waals surface area contributed by atoms with Gasteiger partial charge in [0, 0.05) is 5.66 Å². The summed E-state index contributed by atoms with van der Waals surface area (Å²) in [4.78, 5) is 9.32. The molecule has 1 rings (SSSR count). The Morgan fingerprint density at radius 3 is 2.89 bits per heavy atom. The van der Waals surface area contributed by atoms with E-state index in [1.54, 1.807) is 0 Å². The van der Waals surface area contributed by atoms with Gasteiger partial charge in [-0.15, -0.1) is 0 Å². The maximum Gasteiger partial charge on any atom is 0.130 e. The van der Waals surface area contributed by atoms with E-state index < -0.39 is 0 Å². The molecule has 0 aromatic carbocycles. The van der Waals surface area contributed by atoms with Crippen molar-refractivity contribution >= 4 is 8.73 Å². The molecule has 9 heavy (non-hydrogen) atoms. The molecule has 1 fully saturated rings. The molecule has 0 aromatic heterocycles. The van der Waals surface area contributed by atoms with E-state index in [4.69, 9.17) is 16.1 Å². The van der Waals surface area contributed by atoms with Crippen LogP contribution >= 0.6 is 8.73 Å². The summed E-state index contributed by atoms with van der Waals surface area (Å²) in [7, 11) is 0.471. The van der Waals surface area contributed by atoms with Crippen LogP contribution in [0.5, 0.6) is 0 Å². The van der Waals surface area contributed by atoms with Gasteiger partial charge in [-0.2, -0.15) is 0 Å². The smallest absolute Gasteiger partial charge is 0.130 e. The summed E-state index contributed by atoms with van der Waals surface area (Å²) in [5.41, 5.74) is 10.9. The highest BCUT2D eigenvalue weighted by molar-refractivity contribution is 7.36. The average Bonchev–Trinajstić information content (AvgIpc) is 2.62. The molecule has 4 nitrogen and oxygen atoms in total. The van der Waals surface area contributed by atoms with Crippen molar-refractivity contribution in [2.75, 3.05) is 6.73 Å². The summed E-state index contributed by atoms with van der Waals surface area (Å²) in [6.45, 7) is 0.122. The Morgan fingerprint density at radius 1 is 1.67 bits per heavy atom. The largest absolute Gasteiger partial charge is 0.312 e. The quantitative estimate of drug-likeness (QED) is 0.246. The van der Waals surface area contributed by atoms with Crippen molar-refractivity contribution in [1.29, 1.82) is 0 Å². The minimum Gasteiger partial charge on any atom is -0.312 e. The summed E-state index contributed by atoms with van der Waals surface area (Å²) >= 11 is 0. The van der Waals surface area contributed by atoms with Crippen LogP contribution in [-0.4, -0.2) is 18.5 Å². The van der Waals surface area contributed by atoms with E-state index in [9.17, 15) is 0 Å². The van der Waals surface area contributed by atoms with Crippen molar-refractivity contribution in [2.24, 2.45) is 11.2 Å². The second-order valence-electron chi connectivity index (χ2n) is 1.93. The molecular weight excluding hydrogens is 139 g/mol. The molecule has 3 atom stereocenters. The number of nitrogens with two attached hydrogens (primary N) is 2. The fourth-order valence-corrected chi connectivity index (χ4v) is 1.22. The maximum atomic E-state index is 5.36. The molecule has 0 aromatic rings. The summed E-state index contributed by atoms with van der Waals surface area (Å²) in [5.74, 6) is 0. The van der Waals surface area contributed by atoms with E-state index in [1.165, 1.54) is 0 Å². The molecule has 4 N–H and O–H groups in total. The lowest BCUT2D eigenvalue weighted by molar-refractivity contribution is -0.301. The van der Waals surface area contributed by atoms with E-state index >= 15 is 0 Å². The van der Waals surface area contributed by atoms with E-state index in [-0.39, 0.29) is 12.8 Å². The topological polar surface area (TPSA) is 70.5 Å². The van der Waals surface area contributed by atoms with Crippen molar-refractivity contribution in [3.63, 3.8) is 0 Å². The fraction of sp³-hybridized carbons (Fsp3) is 1.00.